The number of benzene rings is 2. The highest BCUT2D eigenvalue weighted by Gasteiger charge is 2.36. The average molecular weight is 492 g/mol. The topological polar surface area (TPSA) is 69.7 Å². The van der Waals surface area contributed by atoms with Gasteiger partial charge in [0, 0.05) is 36.7 Å². The van der Waals surface area contributed by atoms with Gasteiger partial charge in [0.15, 0.2) is 0 Å². The molecule has 0 aromatic heterocycles. The molecule has 1 saturated carbocycles. The Hall–Kier alpha value is -1.74. The molecule has 4 rings (SSSR count). The van der Waals surface area contributed by atoms with Gasteiger partial charge in [-0.2, -0.15) is 4.31 Å². The molecule has 30 heavy (non-hydrogen) atoms. The standard InChI is InChI=1S/C22H26BrN3O3S/c1-16-15-19(9-10-20(16)23)30(28,29)26-13-11-25(12-14-26)21(17-5-3-2-4-6-17)22(27)24-18-7-8-18/h2-6,9-10,15,18,21H,7-8,11-14H2,1H3,(H,24,27). The lowest BCUT2D eigenvalue weighted by atomic mass is 10.0. The molecule has 2 fully saturated rings. The van der Waals surface area contributed by atoms with Crippen molar-refractivity contribution in [2.75, 3.05) is 26.2 Å². The molecule has 6 nitrogen and oxygen atoms in total. The van der Waals surface area contributed by atoms with Gasteiger partial charge in [0.05, 0.1) is 4.90 Å². The second kappa shape index (κ2) is 8.78. The molecule has 0 radical (unpaired) electrons. The van der Waals surface area contributed by atoms with E-state index in [1.54, 1.807) is 18.2 Å². The van der Waals surface area contributed by atoms with E-state index < -0.39 is 16.1 Å². The SMILES string of the molecule is Cc1cc(S(=O)(=O)N2CCN(C(C(=O)NC3CC3)c3ccccc3)CC2)ccc1Br. The summed E-state index contributed by atoms with van der Waals surface area (Å²) in [5.41, 5.74) is 1.83. The molecule has 1 N–H and O–H groups in total. The van der Waals surface area contributed by atoms with Gasteiger partial charge in [-0.25, -0.2) is 8.42 Å². The average Bonchev–Trinajstić information content (AvgIpc) is 3.55. The Kier molecular flexibility index (Phi) is 6.29. The van der Waals surface area contributed by atoms with Crippen molar-refractivity contribution in [3.63, 3.8) is 0 Å². The number of sulfonamides is 1. The van der Waals surface area contributed by atoms with Crippen molar-refractivity contribution in [2.24, 2.45) is 0 Å². The first kappa shape index (κ1) is 21.5. The Morgan fingerprint density at radius 2 is 1.73 bits per heavy atom. The van der Waals surface area contributed by atoms with Crippen LogP contribution in [0.25, 0.3) is 0 Å². The van der Waals surface area contributed by atoms with Crippen molar-refractivity contribution in [3.05, 3.63) is 64.1 Å². The maximum Gasteiger partial charge on any atom is 0.243 e. The third-order valence-corrected chi connectivity index (χ3v) is 8.48. The minimum atomic E-state index is -3.56. The first-order chi connectivity index (χ1) is 14.4. The lowest BCUT2D eigenvalue weighted by Crippen LogP contribution is -2.52. The van der Waals surface area contributed by atoms with Crippen LogP contribution in [0.5, 0.6) is 0 Å². The van der Waals surface area contributed by atoms with Crippen molar-refractivity contribution in [3.8, 4) is 0 Å². The number of nitrogens with one attached hydrogen (secondary N) is 1. The smallest absolute Gasteiger partial charge is 0.243 e. The molecule has 1 atom stereocenters. The van der Waals surface area contributed by atoms with Gasteiger partial charge < -0.3 is 5.32 Å². The summed E-state index contributed by atoms with van der Waals surface area (Å²) >= 11 is 3.42. The second-order valence-corrected chi connectivity index (χ2v) is 10.7. The number of rotatable bonds is 6. The maximum atomic E-state index is 13.1. The van der Waals surface area contributed by atoms with Crippen molar-refractivity contribution < 1.29 is 13.2 Å². The number of aryl methyl sites for hydroxylation is 1. The van der Waals surface area contributed by atoms with E-state index in [0.717, 1.165) is 28.4 Å². The minimum absolute atomic E-state index is 0.00328. The molecule has 1 aliphatic heterocycles. The zero-order valence-electron chi connectivity index (χ0n) is 16.9. The predicted molar refractivity (Wildman–Crippen MR) is 120 cm³/mol. The number of carbonyl (C=O) groups is 1. The zero-order chi connectivity index (χ0) is 21.3. The highest BCUT2D eigenvalue weighted by Crippen LogP contribution is 2.28. The van der Waals surface area contributed by atoms with E-state index in [4.69, 9.17) is 0 Å². The molecule has 1 aliphatic carbocycles. The fourth-order valence-electron chi connectivity index (χ4n) is 3.80. The fourth-order valence-corrected chi connectivity index (χ4v) is 5.55. The summed E-state index contributed by atoms with van der Waals surface area (Å²) in [4.78, 5) is 15.4. The largest absolute Gasteiger partial charge is 0.352 e. The molecule has 0 bridgehead atoms. The molecular formula is C22H26BrN3O3S. The molecule has 1 amide bonds. The maximum absolute atomic E-state index is 13.1. The third kappa shape index (κ3) is 4.61. The molecule has 2 aromatic carbocycles. The van der Waals surface area contributed by atoms with Gasteiger partial charge in [-0.15, -0.1) is 0 Å². The minimum Gasteiger partial charge on any atom is -0.352 e. The van der Waals surface area contributed by atoms with Gasteiger partial charge in [0.1, 0.15) is 6.04 Å². The van der Waals surface area contributed by atoms with Crippen molar-refractivity contribution in [2.45, 2.75) is 36.7 Å². The molecule has 160 valence electrons. The van der Waals surface area contributed by atoms with E-state index in [1.807, 2.05) is 37.3 Å². The molecule has 2 aliphatic rings. The van der Waals surface area contributed by atoms with E-state index in [0.29, 0.717) is 31.1 Å². The summed E-state index contributed by atoms with van der Waals surface area (Å²) in [6.07, 6.45) is 2.07. The molecule has 8 heteroatoms. The Labute approximate surface area is 186 Å². The van der Waals surface area contributed by atoms with Gasteiger partial charge in [0.25, 0.3) is 0 Å². The van der Waals surface area contributed by atoms with Crippen LogP contribution in [0.4, 0.5) is 0 Å². The monoisotopic (exact) mass is 491 g/mol. The highest BCUT2D eigenvalue weighted by molar-refractivity contribution is 9.10. The number of hydrogen-bond donors (Lipinski definition) is 1. The van der Waals surface area contributed by atoms with Crippen LogP contribution in [-0.4, -0.2) is 55.8 Å². The van der Waals surface area contributed by atoms with Gasteiger partial charge in [-0.05, 0) is 49.1 Å². The molecule has 1 saturated heterocycles. The number of amides is 1. The lowest BCUT2D eigenvalue weighted by Gasteiger charge is -2.38. The molecule has 0 spiro atoms. The van der Waals surface area contributed by atoms with Crippen LogP contribution in [0.1, 0.15) is 30.0 Å². The first-order valence-electron chi connectivity index (χ1n) is 10.2. The quantitative estimate of drug-likeness (QED) is 0.673. The highest BCUT2D eigenvalue weighted by atomic mass is 79.9. The normalized spacial score (nSPS) is 19.4. The zero-order valence-corrected chi connectivity index (χ0v) is 19.3. The number of piperazine rings is 1. The summed E-state index contributed by atoms with van der Waals surface area (Å²) in [6, 6.07) is 14.7. The van der Waals surface area contributed by atoms with Gasteiger partial charge in [-0.1, -0.05) is 46.3 Å². The van der Waals surface area contributed by atoms with Gasteiger partial charge in [-0.3, -0.25) is 9.69 Å². The van der Waals surface area contributed by atoms with Crippen LogP contribution in [0, 0.1) is 6.92 Å². The summed E-state index contributed by atoms with van der Waals surface area (Å²) in [7, 11) is -3.56. The summed E-state index contributed by atoms with van der Waals surface area (Å²) in [5, 5.41) is 3.11. The predicted octanol–water partition coefficient (Wildman–Crippen LogP) is 3.08. The Morgan fingerprint density at radius 3 is 2.33 bits per heavy atom. The number of carbonyl (C=O) groups excluding carboxylic acids is 1. The van der Waals surface area contributed by atoms with Crippen LogP contribution in [0.15, 0.2) is 57.9 Å². The number of halogens is 1. The summed E-state index contributed by atoms with van der Waals surface area (Å²) in [5.74, 6) is 0.00328. The molecule has 2 aromatic rings. The lowest BCUT2D eigenvalue weighted by molar-refractivity contribution is -0.127. The van der Waals surface area contributed by atoms with Gasteiger partial charge >= 0.3 is 0 Å². The van der Waals surface area contributed by atoms with Crippen LogP contribution >= 0.6 is 15.9 Å². The van der Waals surface area contributed by atoms with Crippen molar-refractivity contribution in [1.29, 1.82) is 0 Å². The Bertz CT molecular complexity index is 1020. The first-order valence-corrected chi connectivity index (χ1v) is 12.5. The van der Waals surface area contributed by atoms with Crippen LogP contribution in [0.2, 0.25) is 0 Å². The number of nitrogens with zero attached hydrogens (tertiary/aromatic N) is 2. The van der Waals surface area contributed by atoms with E-state index in [1.165, 1.54) is 4.31 Å². The van der Waals surface area contributed by atoms with Crippen molar-refractivity contribution >= 4 is 31.9 Å². The van der Waals surface area contributed by atoms with Crippen LogP contribution in [-0.2, 0) is 14.8 Å². The third-order valence-electron chi connectivity index (χ3n) is 5.69. The fraction of sp³-hybridized carbons (Fsp3) is 0.409. The van der Waals surface area contributed by atoms with Crippen LogP contribution in [0.3, 0.4) is 0 Å². The second-order valence-electron chi connectivity index (χ2n) is 7.95. The Morgan fingerprint density at radius 1 is 1.07 bits per heavy atom. The van der Waals surface area contributed by atoms with Crippen molar-refractivity contribution in [1.82, 2.24) is 14.5 Å². The number of hydrogen-bond acceptors (Lipinski definition) is 4. The molecule has 1 unspecified atom stereocenters. The Balaban J connectivity index is 1.50. The van der Waals surface area contributed by atoms with E-state index in [-0.39, 0.29) is 11.9 Å². The molecule has 1 heterocycles. The van der Waals surface area contributed by atoms with E-state index in [9.17, 15) is 13.2 Å². The van der Waals surface area contributed by atoms with E-state index >= 15 is 0 Å². The van der Waals surface area contributed by atoms with Crippen LogP contribution < -0.4 is 5.32 Å². The summed E-state index contributed by atoms with van der Waals surface area (Å²) < 4.78 is 28.6. The van der Waals surface area contributed by atoms with E-state index in [2.05, 4.69) is 26.1 Å². The van der Waals surface area contributed by atoms with Gasteiger partial charge in [0.2, 0.25) is 15.9 Å². The molecular weight excluding hydrogens is 466 g/mol. The summed E-state index contributed by atoms with van der Waals surface area (Å²) in [6.45, 7) is 3.61.